The molecule has 5 nitrogen and oxygen atoms in total. The molecule has 0 spiro atoms. The Hall–Kier alpha value is -3.34. The van der Waals surface area contributed by atoms with Crippen LogP contribution < -0.4 is 4.90 Å². The van der Waals surface area contributed by atoms with Crippen molar-refractivity contribution in [3.05, 3.63) is 60.7 Å². The second-order valence-electron chi connectivity index (χ2n) is 5.98. The minimum absolute atomic E-state index is 0.0686. The Balaban J connectivity index is 1.73. The van der Waals surface area contributed by atoms with Crippen molar-refractivity contribution in [1.29, 1.82) is 0 Å². The number of nitrogens with zero attached hydrogens (tertiary/aromatic N) is 2. The fraction of sp³-hybridized carbons (Fsp3) is 0.100. The van der Waals surface area contributed by atoms with E-state index in [1.54, 1.807) is 11.9 Å². The minimum atomic E-state index is -0.875. The molecule has 0 atom stereocenters. The quantitative estimate of drug-likeness (QED) is 0.607. The van der Waals surface area contributed by atoms with Gasteiger partial charge in [-0.05, 0) is 41.1 Å². The molecule has 0 unspecified atom stereocenters. The smallest absolute Gasteiger partial charge is 0.323 e. The third kappa shape index (κ3) is 2.92. The lowest BCUT2D eigenvalue weighted by Crippen LogP contribution is -2.24. The van der Waals surface area contributed by atoms with Crippen molar-refractivity contribution >= 4 is 33.5 Å². The zero-order valence-electron chi connectivity index (χ0n) is 13.6. The lowest BCUT2D eigenvalue weighted by Gasteiger charge is -2.15. The van der Waals surface area contributed by atoms with Gasteiger partial charge in [0.05, 0.1) is 0 Å². The highest BCUT2D eigenvalue weighted by Crippen LogP contribution is 2.29. The van der Waals surface area contributed by atoms with Gasteiger partial charge in [0.2, 0.25) is 5.89 Å². The molecule has 4 rings (SSSR count). The second-order valence-corrected chi connectivity index (χ2v) is 5.98. The van der Waals surface area contributed by atoms with Crippen LogP contribution in [0.25, 0.3) is 33.3 Å². The van der Waals surface area contributed by atoms with Crippen molar-refractivity contribution in [3.63, 3.8) is 0 Å². The number of hydrogen-bond acceptors (Lipinski definition) is 4. The summed E-state index contributed by atoms with van der Waals surface area (Å²) in [4.78, 5) is 17.1. The van der Waals surface area contributed by atoms with Gasteiger partial charge in [-0.1, -0.05) is 30.3 Å². The van der Waals surface area contributed by atoms with Crippen LogP contribution in [0.1, 0.15) is 0 Å². The van der Waals surface area contributed by atoms with Crippen molar-refractivity contribution in [2.24, 2.45) is 0 Å². The van der Waals surface area contributed by atoms with E-state index in [0.717, 1.165) is 16.6 Å². The Kier molecular flexibility index (Phi) is 3.61. The molecule has 4 aromatic rings. The lowest BCUT2D eigenvalue weighted by atomic mass is 10.1. The van der Waals surface area contributed by atoms with Gasteiger partial charge in [0.25, 0.3) is 0 Å². The highest BCUT2D eigenvalue weighted by atomic mass is 16.4. The molecule has 124 valence electrons. The van der Waals surface area contributed by atoms with Gasteiger partial charge < -0.3 is 14.4 Å². The van der Waals surface area contributed by atoms with E-state index in [-0.39, 0.29) is 6.54 Å². The number of carboxylic acid groups (broad SMARTS) is 1. The Morgan fingerprint density at radius 3 is 2.68 bits per heavy atom. The van der Waals surface area contributed by atoms with Gasteiger partial charge in [-0.2, -0.15) is 0 Å². The molecule has 1 N–H and O–H groups in total. The van der Waals surface area contributed by atoms with E-state index in [9.17, 15) is 4.79 Å². The third-order valence-electron chi connectivity index (χ3n) is 4.18. The fourth-order valence-corrected chi connectivity index (χ4v) is 2.89. The molecule has 0 fully saturated rings. The first-order chi connectivity index (χ1) is 12.1. The summed E-state index contributed by atoms with van der Waals surface area (Å²) in [6.07, 6.45) is 0. The van der Waals surface area contributed by atoms with E-state index in [1.807, 2.05) is 42.5 Å². The molecular weight excluding hydrogens is 316 g/mol. The van der Waals surface area contributed by atoms with Crippen molar-refractivity contribution < 1.29 is 14.3 Å². The summed E-state index contributed by atoms with van der Waals surface area (Å²) in [6, 6.07) is 19.7. The van der Waals surface area contributed by atoms with Gasteiger partial charge in [0.15, 0.2) is 5.58 Å². The van der Waals surface area contributed by atoms with Gasteiger partial charge in [0, 0.05) is 18.3 Å². The minimum Gasteiger partial charge on any atom is -0.480 e. The number of fused-ring (bicyclic) bond motifs is 2. The molecule has 25 heavy (non-hydrogen) atoms. The Morgan fingerprint density at radius 1 is 1.08 bits per heavy atom. The predicted molar refractivity (Wildman–Crippen MR) is 97.9 cm³/mol. The monoisotopic (exact) mass is 332 g/mol. The lowest BCUT2D eigenvalue weighted by molar-refractivity contribution is -0.135. The molecule has 0 saturated heterocycles. The highest BCUT2D eigenvalue weighted by molar-refractivity contribution is 5.87. The average molecular weight is 332 g/mol. The number of oxazole rings is 1. The van der Waals surface area contributed by atoms with Gasteiger partial charge in [0.1, 0.15) is 12.1 Å². The molecule has 0 aliphatic rings. The average Bonchev–Trinajstić information content (AvgIpc) is 3.04. The van der Waals surface area contributed by atoms with Crippen molar-refractivity contribution in [3.8, 4) is 11.5 Å². The maximum absolute atomic E-state index is 10.9. The molecule has 0 aliphatic heterocycles. The number of likely N-dealkylation sites (N-methyl/N-ethyl adjacent to an activating group) is 1. The summed E-state index contributed by atoms with van der Waals surface area (Å²) in [6.45, 7) is -0.0686. The van der Waals surface area contributed by atoms with E-state index in [4.69, 9.17) is 9.52 Å². The molecule has 0 saturated carbocycles. The van der Waals surface area contributed by atoms with E-state index in [0.29, 0.717) is 17.0 Å². The maximum atomic E-state index is 10.9. The molecule has 0 bridgehead atoms. The summed E-state index contributed by atoms with van der Waals surface area (Å²) in [5.74, 6) is -0.321. The number of aromatic nitrogens is 1. The standard InChI is InChI=1S/C20H16N2O3/c1-22(12-19(23)24)16-8-9-18-17(11-16)21-20(25-18)15-7-6-13-4-2-3-5-14(13)10-15/h2-11H,12H2,1H3,(H,23,24). The zero-order chi connectivity index (χ0) is 17.4. The second kappa shape index (κ2) is 5.94. The summed E-state index contributed by atoms with van der Waals surface area (Å²) in [5.41, 5.74) is 3.08. The Bertz CT molecular complexity index is 1080. The van der Waals surface area contributed by atoms with E-state index in [2.05, 4.69) is 23.2 Å². The van der Waals surface area contributed by atoms with Crippen molar-refractivity contribution in [2.45, 2.75) is 0 Å². The van der Waals surface area contributed by atoms with Crippen molar-refractivity contribution in [2.75, 3.05) is 18.5 Å². The number of benzene rings is 3. The SMILES string of the molecule is CN(CC(=O)O)c1ccc2oc(-c3ccc4ccccc4c3)nc2c1. The van der Waals surface area contributed by atoms with Crippen LogP contribution in [0.15, 0.2) is 65.1 Å². The van der Waals surface area contributed by atoms with Crippen LogP contribution >= 0.6 is 0 Å². The number of rotatable bonds is 4. The molecule has 1 aromatic heterocycles. The predicted octanol–water partition coefficient (Wildman–Crippen LogP) is 4.17. The molecular formula is C20H16N2O3. The highest BCUT2D eigenvalue weighted by Gasteiger charge is 2.12. The zero-order valence-corrected chi connectivity index (χ0v) is 13.6. The molecule has 1 heterocycles. The number of anilines is 1. The van der Waals surface area contributed by atoms with E-state index >= 15 is 0 Å². The van der Waals surface area contributed by atoms with Gasteiger partial charge in [-0.25, -0.2) is 4.98 Å². The number of carboxylic acids is 1. The van der Waals surface area contributed by atoms with Gasteiger partial charge >= 0.3 is 5.97 Å². The number of carbonyl (C=O) groups is 1. The third-order valence-corrected chi connectivity index (χ3v) is 4.18. The summed E-state index contributed by atoms with van der Waals surface area (Å²) < 4.78 is 5.87. The van der Waals surface area contributed by atoms with Gasteiger partial charge in [-0.15, -0.1) is 0 Å². The van der Waals surface area contributed by atoms with Crippen LogP contribution in [0.5, 0.6) is 0 Å². The van der Waals surface area contributed by atoms with Crippen LogP contribution in [-0.4, -0.2) is 29.7 Å². The first-order valence-corrected chi connectivity index (χ1v) is 7.93. The summed E-state index contributed by atoms with van der Waals surface area (Å²) in [5, 5.41) is 11.2. The van der Waals surface area contributed by atoms with Crippen LogP contribution in [-0.2, 0) is 4.79 Å². The largest absolute Gasteiger partial charge is 0.480 e. The van der Waals surface area contributed by atoms with Crippen LogP contribution in [0, 0.1) is 0 Å². The Morgan fingerprint density at radius 2 is 1.88 bits per heavy atom. The molecule has 5 heteroatoms. The molecule has 0 radical (unpaired) electrons. The van der Waals surface area contributed by atoms with E-state index in [1.165, 1.54) is 5.39 Å². The maximum Gasteiger partial charge on any atom is 0.323 e. The molecule has 3 aromatic carbocycles. The normalized spacial score (nSPS) is 11.1. The first kappa shape index (κ1) is 15.2. The van der Waals surface area contributed by atoms with E-state index < -0.39 is 5.97 Å². The molecule has 0 aliphatic carbocycles. The number of hydrogen-bond donors (Lipinski definition) is 1. The van der Waals surface area contributed by atoms with Crippen LogP contribution in [0.2, 0.25) is 0 Å². The summed E-state index contributed by atoms with van der Waals surface area (Å²) in [7, 11) is 1.74. The topological polar surface area (TPSA) is 66.6 Å². The van der Waals surface area contributed by atoms with Crippen LogP contribution in [0.3, 0.4) is 0 Å². The van der Waals surface area contributed by atoms with Crippen LogP contribution in [0.4, 0.5) is 5.69 Å². The van der Waals surface area contributed by atoms with Crippen molar-refractivity contribution in [1.82, 2.24) is 4.98 Å². The molecule has 0 amide bonds. The van der Waals surface area contributed by atoms with Gasteiger partial charge in [-0.3, -0.25) is 4.79 Å². The fourth-order valence-electron chi connectivity index (χ4n) is 2.89. The number of aliphatic carboxylic acids is 1. The summed E-state index contributed by atoms with van der Waals surface area (Å²) >= 11 is 0. The Labute approximate surface area is 144 Å². The first-order valence-electron chi connectivity index (χ1n) is 7.93.